The molecule has 2 atom stereocenters. The number of aryl methyl sites for hydroxylation is 1. The number of imide groups is 1. The average molecular weight is 764 g/mol. The second-order valence-electron chi connectivity index (χ2n) is 14.7. The predicted molar refractivity (Wildman–Crippen MR) is 205 cm³/mol. The second-order valence-corrected chi connectivity index (χ2v) is 14.7. The Balaban J connectivity index is 0.935. The molecule has 2 saturated heterocycles. The highest BCUT2D eigenvalue weighted by atomic mass is 19.4. The quantitative estimate of drug-likeness (QED) is 0.130. The van der Waals surface area contributed by atoms with Crippen molar-refractivity contribution in [1.29, 1.82) is 0 Å². The number of benzene rings is 3. The highest BCUT2D eigenvalue weighted by Crippen LogP contribution is 2.35. The fourth-order valence-electron chi connectivity index (χ4n) is 7.82. The molecular weight excluding hydrogens is 724 g/mol. The molecule has 1 unspecified atom stereocenters. The fraction of sp³-hybridized carbons (Fsp3) is 0.317. The van der Waals surface area contributed by atoms with E-state index in [0.29, 0.717) is 35.6 Å². The maximum absolute atomic E-state index is 13.5. The third kappa shape index (κ3) is 7.33. The number of anilines is 3. The number of hydrogen-bond acceptors (Lipinski definition) is 10. The Morgan fingerprint density at radius 2 is 1.77 bits per heavy atom. The number of halogens is 3. The first-order chi connectivity index (χ1) is 26.8. The molecule has 8 rings (SSSR count). The summed E-state index contributed by atoms with van der Waals surface area (Å²) in [7, 11) is 0. The highest BCUT2D eigenvalue weighted by molar-refractivity contribution is 6.05. The lowest BCUT2D eigenvalue weighted by atomic mass is 10.0. The zero-order valence-corrected chi connectivity index (χ0v) is 30.9. The SMILES string of the molecule is Cc1nnc(N[C@H](C)c2cc(N)cc(C(F)(F)F)c2)c2cc(-c3cccc(CN4CCN(c5ccc6c(c5)CN(C5CCC(=O)NC5=O)C6=O)CC4)c3)ncc12. The molecule has 0 radical (unpaired) electrons. The summed E-state index contributed by atoms with van der Waals surface area (Å²) >= 11 is 0. The molecule has 3 amide bonds. The van der Waals surface area contributed by atoms with E-state index in [1.165, 1.54) is 6.07 Å². The van der Waals surface area contributed by atoms with Gasteiger partial charge in [0.25, 0.3) is 5.91 Å². The van der Waals surface area contributed by atoms with Gasteiger partial charge in [-0.3, -0.25) is 29.6 Å². The zero-order valence-electron chi connectivity index (χ0n) is 30.9. The van der Waals surface area contributed by atoms with Crippen molar-refractivity contribution >= 4 is 45.7 Å². The number of nitrogens with zero attached hydrogens (tertiary/aromatic N) is 6. The number of nitrogens with one attached hydrogen (secondary N) is 2. The largest absolute Gasteiger partial charge is 0.416 e. The van der Waals surface area contributed by atoms with Crippen molar-refractivity contribution in [2.45, 2.75) is 58.0 Å². The normalized spacial score (nSPS) is 18.3. The fourth-order valence-corrected chi connectivity index (χ4v) is 7.82. The molecular formula is C41H40F3N9O3. The molecule has 3 aliphatic heterocycles. The maximum atomic E-state index is 13.5. The number of fused-ring (bicyclic) bond motifs is 2. The smallest absolute Gasteiger partial charge is 0.399 e. The van der Waals surface area contributed by atoms with Crippen LogP contribution in [0.5, 0.6) is 0 Å². The molecule has 0 saturated carbocycles. The van der Waals surface area contributed by atoms with E-state index in [2.05, 4.69) is 42.8 Å². The number of alkyl halides is 3. The summed E-state index contributed by atoms with van der Waals surface area (Å²) in [5, 5.41) is 15.8. The van der Waals surface area contributed by atoms with Gasteiger partial charge in [-0.15, -0.1) is 5.10 Å². The lowest BCUT2D eigenvalue weighted by molar-refractivity contribution is -0.138. The number of nitrogens with two attached hydrogens (primary N) is 1. The number of nitrogen functional groups attached to an aromatic ring is 1. The molecule has 288 valence electrons. The number of hydrogen-bond donors (Lipinski definition) is 3. The molecule has 4 N–H and O–H groups in total. The summed E-state index contributed by atoms with van der Waals surface area (Å²) in [6.45, 7) is 7.94. The van der Waals surface area contributed by atoms with E-state index in [-0.39, 0.29) is 23.9 Å². The van der Waals surface area contributed by atoms with Gasteiger partial charge in [-0.05, 0) is 85.5 Å². The van der Waals surface area contributed by atoms with Crippen LogP contribution in [0.15, 0.2) is 72.9 Å². The van der Waals surface area contributed by atoms with Gasteiger partial charge >= 0.3 is 6.18 Å². The van der Waals surface area contributed by atoms with Crippen LogP contribution in [0.4, 0.5) is 30.4 Å². The number of piperazine rings is 1. The van der Waals surface area contributed by atoms with Crippen LogP contribution in [0.3, 0.4) is 0 Å². The second kappa shape index (κ2) is 14.5. The lowest BCUT2D eigenvalue weighted by Crippen LogP contribution is -2.52. The first-order valence-electron chi connectivity index (χ1n) is 18.5. The number of carbonyl (C=O) groups is 3. The van der Waals surface area contributed by atoms with Gasteiger partial charge in [0.15, 0.2) is 5.82 Å². The third-order valence-corrected chi connectivity index (χ3v) is 10.9. The summed E-state index contributed by atoms with van der Waals surface area (Å²) in [4.78, 5) is 48.3. The Morgan fingerprint density at radius 1 is 0.964 bits per heavy atom. The van der Waals surface area contributed by atoms with Gasteiger partial charge in [0.1, 0.15) is 6.04 Å². The molecule has 12 nitrogen and oxygen atoms in total. The van der Waals surface area contributed by atoms with Crippen molar-refractivity contribution in [3.63, 3.8) is 0 Å². The molecule has 0 bridgehead atoms. The number of carbonyl (C=O) groups excluding carboxylic acids is 3. The molecule has 15 heteroatoms. The van der Waals surface area contributed by atoms with Gasteiger partial charge < -0.3 is 20.9 Å². The Morgan fingerprint density at radius 3 is 2.54 bits per heavy atom. The van der Waals surface area contributed by atoms with Crippen LogP contribution in [0.2, 0.25) is 0 Å². The van der Waals surface area contributed by atoms with Crippen molar-refractivity contribution in [3.05, 3.63) is 106 Å². The Labute approximate surface area is 320 Å². The number of piperidine rings is 1. The van der Waals surface area contributed by atoms with Crippen LogP contribution in [0.1, 0.15) is 64.1 Å². The lowest BCUT2D eigenvalue weighted by Gasteiger charge is -2.36. The van der Waals surface area contributed by atoms with Crippen molar-refractivity contribution in [2.24, 2.45) is 0 Å². The topological polar surface area (TPSA) is 150 Å². The van der Waals surface area contributed by atoms with Gasteiger partial charge in [0, 0.05) is 85.2 Å². The Hall–Kier alpha value is -6.09. The van der Waals surface area contributed by atoms with E-state index >= 15 is 0 Å². The van der Waals surface area contributed by atoms with Gasteiger partial charge in [-0.2, -0.15) is 18.3 Å². The van der Waals surface area contributed by atoms with Gasteiger partial charge in [-0.1, -0.05) is 18.2 Å². The summed E-state index contributed by atoms with van der Waals surface area (Å²) < 4.78 is 40.6. The zero-order chi connectivity index (χ0) is 39.3. The van der Waals surface area contributed by atoms with Crippen LogP contribution in [-0.2, 0) is 28.9 Å². The minimum absolute atomic E-state index is 0.0241. The van der Waals surface area contributed by atoms with E-state index in [1.54, 1.807) is 18.0 Å². The van der Waals surface area contributed by atoms with Crippen LogP contribution in [0, 0.1) is 6.92 Å². The summed E-state index contributed by atoms with van der Waals surface area (Å²) in [6, 6.07) is 18.3. The molecule has 0 spiro atoms. The maximum Gasteiger partial charge on any atom is 0.416 e. The van der Waals surface area contributed by atoms with Crippen molar-refractivity contribution in [3.8, 4) is 11.3 Å². The summed E-state index contributed by atoms with van der Waals surface area (Å²) in [5.74, 6) is -0.475. The highest BCUT2D eigenvalue weighted by Gasteiger charge is 2.39. The Kier molecular flexibility index (Phi) is 9.56. The number of rotatable bonds is 8. The number of pyridine rings is 1. The molecule has 5 heterocycles. The molecule has 2 fully saturated rings. The predicted octanol–water partition coefficient (Wildman–Crippen LogP) is 5.86. The van der Waals surface area contributed by atoms with Crippen LogP contribution in [0.25, 0.3) is 22.0 Å². The van der Waals surface area contributed by atoms with Crippen molar-refractivity contribution < 1.29 is 27.6 Å². The first-order valence-corrected chi connectivity index (χ1v) is 18.5. The number of amides is 3. The van der Waals surface area contributed by atoms with Crippen LogP contribution < -0.4 is 21.3 Å². The number of aromatic nitrogens is 3. The molecule has 3 aliphatic rings. The first kappa shape index (κ1) is 36.9. The molecule has 3 aromatic carbocycles. The Bertz CT molecular complexity index is 2380. The monoisotopic (exact) mass is 763 g/mol. The minimum Gasteiger partial charge on any atom is -0.399 e. The van der Waals surface area contributed by atoms with E-state index in [9.17, 15) is 27.6 Å². The summed E-state index contributed by atoms with van der Waals surface area (Å²) in [5.41, 5.74) is 11.4. The van der Waals surface area contributed by atoms with Gasteiger partial charge in [0.2, 0.25) is 11.8 Å². The molecule has 56 heavy (non-hydrogen) atoms. The van der Waals surface area contributed by atoms with E-state index < -0.39 is 29.7 Å². The average Bonchev–Trinajstić information content (AvgIpc) is 3.50. The minimum atomic E-state index is -4.53. The standard InChI is InChI=1S/C41H40F3N9O3/c1-23(27-15-29(41(42,43)44)18-30(45)16-27)47-38-33-19-35(46-20-34(33)24(2)49-50-38)26-5-3-4-25(14-26)21-51-10-12-52(13-11-51)31-6-7-32-28(17-31)22-53(40(32)56)36-8-9-37(54)48-39(36)55/h3-7,14-20,23,36H,8-13,21-22,45H2,1-2H3,(H,47,50)(H,48,54,55)/t23-,36?/m1/s1. The third-order valence-electron chi connectivity index (χ3n) is 10.9. The van der Waals surface area contributed by atoms with Crippen molar-refractivity contribution in [1.82, 2.24) is 30.3 Å². The van der Waals surface area contributed by atoms with Crippen molar-refractivity contribution in [2.75, 3.05) is 42.1 Å². The molecule has 5 aromatic rings. The van der Waals surface area contributed by atoms with Crippen LogP contribution in [-0.4, -0.2) is 74.9 Å². The van der Waals surface area contributed by atoms with E-state index in [1.807, 2.05) is 43.3 Å². The van der Waals surface area contributed by atoms with E-state index in [0.717, 1.165) is 83.7 Å². The molecule has 0 aliphatic carbocycles. The van der Waals surface area contributed by atoms with Crippen LogP contribution >= 0.6 is 0 Å². The van der Waals surface area contributed by atoms with E-state index in [4.69, 9.17) is 10.7 Å². The van der Waals surface area contributed by atoms with Gasteiger partial charge in [0.05, 0.1) is 23.0 Å². The molecule has 2 aromatic heterocycles. The van der Waals surface area contributed by atoms with Gasteiger partial charge in [-0.25, -0.2) is 0 Å². The summed E-state index contributed by atoms with van der Waals surface area (Å²) in [6.07, 6.45) is -2.22.